The lowest BCUT2D eigenvalue weighted by Crippen LogP contribution is -1.78. The van der Waals surface area contributed by atoms with Crippen LogP contribution in [0.15, 0.2) is 30.7 Å². The third kappa shape index (κ3) is 0.990. The van der Waals surface area contributed by atoms with Crippen LogP contribution in [0.2, 0.25) is 0 Å². The van der Waals surface area contributed by atoms with Crippen molar-refractivity contribution >= 4 is 11.0 Å². The molecule has 0 bridgehead atoms. The molecule has 3 heterocycles. The molecule has 14 heavy (non-hydrogen) atoms. The van der Waals surface area contributed by atoms with E-state index in [0.29, 0.717) is 0 Å². The van der Waals surface area contributed by atoms with Crippen LogP contribution in [0.1, 0.15) is 0 Å². The predicted molar refractivity (Wildman–Crippen MR) is 51.5 cm³/mol. The van der Waals surface area contributed by atoms with Crippen LogP contribution in [0.5, 0.6) is 0 Å². The minimum Gasteiger partial charge on any atom is -0.351 e. The number of aromatic nitrogens is 5. The largest absolute Gasteiger partial charge is 0.351 e. The molecule has 0 aromatic carbocycles. The number of hydrogen-bond donors (Lipinski definition) is 2. The van der Waals surface area contributed by atoms with Crippen LogP contribution in [-0.2, 0) is 0 Å². The third-order valence-electron chi connectivity index (χ3n) is 2.06. The highest BCUT2D eigenvalue weighted by atomic mass is 15.2. The molecule has 3 rings (SSSR count). The summed E-state index contributed by atoms with van der Waals surface area (Å²) in [5, 5.41) is 6.59. The molecule has 0 saturated carbocycles. The molecule has 0 radical (unpaired) electrons. The van der Waals surface area contributed by atoms with Gasteiger partial charge in [-0.1, -0.05) is 0 Å². The molecule has 2 N–H and O–H groups in total. The fourth-order valence-electron chi connectivity index (χ4n) is 1.42. The number of H-pyrrole nitrogens is 2. The molecule has 3 aromatic heterocycles. The molecule has 0 fully saturated rings. The Morgan fingerprint density at radius 2 is 2.21 bits per heavy atom. The Hall–Kier alpha value is -2.17. The van der Waals surface area contributed by atoms with Crippen LogP contribution in [0.3, 0.4) is 0 Å². The van der Waals surface area contributed by atoms with Crippen molar-refractivity contribution in [1.82, 2.24) is 25.1 Å². The first kappa shape index (κ1) is 7.25. The number of pyridine rings is 1. The van der Waals surface area contributed by atoms with E-state index in [1.165, 1.54) is 6.33 Å². The van der Waals surface area contributed by atoms with Gasteiger partial charge in [0.1, 0.15) is 6.33 Å². The van der Waals surface area contributed by atoms with E-state index in [2.05, 4.69) is 25.1 Å². The van der Waals surface area contributed by atoms with E-state index in [-0.39, 0.29) is 0 Å². The Kier molecular flexibility index (Phi) is 1.38. The molecule has 68 valence electrons. The Bertz CT molecular complexity index is 518. The molecule has 0 spiro atoms. The van der Waals surface area contributed by atoms with Crippen LogP contribution in [0.25, 0.3) is 22.6 Å². The van der Waals surface area contributed by atoms with Crippen molar-refractivity contribution in [3.8, 4) is 11.5 Å². The Morgan fingerprint density at radius 3 is 3.00 bits per heavy atom. The number of nitrogens with zero attached hydrogens (tertiary/aromatic N) is 3. The highest BCUT2D eigenvalue weighted by Gasteiger charge is 2.04. The summed E-state index contributed by atoms with van der Waals surface area (Å²) in [6.45, 7) is 0. The molecule has 3 aromatic rings. The van der Waals surface area contributed by atoms with E-state index in [1.54, 1.807) is 6.20 Å². The van der Waals surface area contributed by atoms with Crippen LogP contribution >= 0.6 is 0 Å². The highest BCUT2D eigenvalue weighted by molar-refractivity contribution is 5.80. The fourth-order valence-corrected chi connectivity index (χ4v) is 1.42. The number of aromatic amines is 2. The average Bonchev–Trinajstić information content (AvgIpc) is 2.86. The van der Waals surface area contributed by atoms with Crippen LogP contribution in [0, 0.1) is 0 Å². The molecule has 5 heteroatoms. The smallest absolute Gasteiger partial charge is 0.171 e. The summed E-state index contributed by atoms with van der Waals surface area (Å²) in [5.41, 5.74) is 2.83. The normalized spacial score (nSPS) is 10.9. The maximum atomic E-state index is 4.22. The van der Waals surface area contributed by atoms with Gasteiger partial charge in [-0.05, 0) is 18.2 Å². The molecule has 0 atom stereocenters. The number of hydrogen-bond acceptors (Lipinski definition) is 3. The molecular weight excluding hydrogens is 178 g/mol. The minimum absolute atomic E-state index is 0.725. The van der Waals surface area contributed by atoms with Crippen molar-refractivity contribution in [3.63, 3.8) is 0 Å². The van der Waals surface area contributed by atoms with E-state index in [9.17, 15) is 0 Å². The first-order valence-electron chi connectivity index (χ1n) is 4.23. The van der Waals surface area contributed by atoms with Crippen molar-refractivity contribution in [3.05, 3.63) is 30.7 Å². The highest BCUT2D eigenvalue weighted by Crippen LogP contribution is 2.18. The van der Waals surface area contributed by atoms with Gasteiger partial charge in [0.2, 0.25) is 0 Å². The van der Waals surface area contributed by atoms with Gasteiger partial charge >= 0.3 is 0 Å². The van der Waals surface area contributed by atoms with E-state index < -0.39 is 0 Å². The third-order valence-corrected chi connectivity index (χ3v) is 2.06. The van der Waals surface area contributed by atoms with Crippen LogP contribution in [-0.4, -0.2) is 25.1 Å². The molecule has 0 saturated heterocycles. The molecular formula is C9H7N5. The van der Waals surface area contributed by atoms with Gasteiger partial charge in [-0.3, -0.25) is 10.1 Å². The summed E-state index contributed by atoms with van der Waals surface area (Å²) in [6.07, 6.45) is 3.24. The predicted octanol–water partition coefficient (Wildman–Crippen LogP) is 1.35. The second-order valence-electron chi connectivity index (χ2n) is 2.95. The Labute approximate surface area is 79.2 Å². The van der Waals surface area contributed by atoms with Crippen molar-refractivity contribution in [2.75, 3.05) is 0 Å². The molecule has 0 unspecified atom stereocenters. The van der Waals surface area contributed by atoms with Gasteiger partial charge < -0.3 is 4.98 Å². The number of rotatable bonds is 1. The van der Waals surface area contributed by atoms with Gasteiger partial charge in [-0.25, -0.2) is 4.98 Å². The van der Waals surface area contributed by atoms with Crippen molar-refractivity contribution in [1.29, 1.82) is 0 Å². The number of fused-ring (bicyclic) bond motifs is 1. The van der Waals surface area contributed by atoms with Gasteiger partial charge in [-0.15, -0.1) is 0 Å². The average molecular weight is 185 g/mol. The van der Waals surface area contributed by atoms with E-state index in [1.807, 2.05) is 18.2 Å². The van der Waals surface area contributed by atoms with Gasteiger partial charge in [-0.2, -0.15) is 5.10 Å². The first-order chi connectivity index (χ1) is 6.93. The van der Waals surface area contributed by atoms with Crippen molar-refractivity contribution in [2.24, 2.45) is 0 Å². The summed E-state index contributed by atoms with van der Waals surface area (Å²) in [5.74, 6) is 0.725. The van der Waals surface area contributed by atoms with Gasteiger partial charge in [0.25, 0.3) is 0 Å². The zero-order valence-corrected chi connectivity index (χ0v) is 7.23. The van der Waals surface area contributed by atoms with Gasteiger partial charge in [0, 0.05) is 6.20 Å². The fraction of sp³-hybridized carbons (Fsp3) is 0. The van der Waals surface area contributed by atoms with Crippen LogP contribution < -0.4 is 0 Å². The van der Waals surface area contributed by atoms with Gasteiger partial charge in [0.05, 0.1) is 16.7 Å². The summed E-state index contributed by atoms with van der Waals surface area (Å²) in [7, 11) is 0. The van der Waals surface area contributed by atoms with E-state index >= 15 is 0 Å². The Balaban J connectivity index is 2.24. The SMILES string of the molecule is c1cnc2cc(-c3ncn[nH]3)[nH]c2c1. The topological polar surface area (TPSA) is 70.2 Å². The summed E-state index contributed by atoms with van der Waals surface area (Å²) >= 11 is 0. The maximum absolute atomic E-state index is 4.22. The number of nitrogens with one attached hydrogen (secondary N) is 2. The second kappa shape index (κ2) is 2.66. The molecule has 0 aliphatic rings. The summed E-state index contributed by atoms with van der Waals surface area (Å²) < 4.78 is 0. The lowest BCUT2D eigenvalue weighted by molar-refractivity contribution is 1.09. The van der Waals surface area contributed by atoms with E-state index in [0.717, 1.165) is 22.6 Å². The zero-order chi connectivity index (χ0) is 9.38. The van der Waals surface area contributed by atoms with E-state index in [4.69, 9.17) is 0 Å². The minimum atomic E-state index is 0.725. The maximum Gasteiger partial charge on any atom is 0.171 e. The molecule has 0 amide bonds. The quantitative estimate of drug-likeness (QED) is 0.601. The zero-order valence-electron chi connectivity index (χ0n) is 7.23. The monoisotopic (exact) mass is 185 g/mol. The van der Waals surface area contributed by atoms with Crippen LogP contribution in [0.4, 0.5) is 0 Å². The Morgan fingerprint density at radius 1 is 1.21 bits per heavy atom. The summed E-state index contributed by atoms with van der Waals surface area (Å²) in [4.78, 5) is 11.5. The van der Waals surface area contributed by atoms with Crippen molar-refractivity contribution in [2.45, 2.75) is 0 Å². The molecule has 5 nitrogen and oxygen atoms in total. The lowest BCUT2D eigenvalue weighted by atomic mass is 10.3. The van der Waals surface area contributed by atoms with Crippen molar-refractivity contribution < 1.29 is 0 Å². The second-order valence-corrected chi connectivity index (χ2v) is 2.95. The van der Waals surface area contributed by atoms with Gasteiger partial charge in [0.15, 0.2) is 5.82 Å². The molecule has 0 aliphatic carbocycles. The molecule has 0 aliphatic heterocycles. The lowest BCUT2D eigenvalue weighted by Gasteiger charge is -1.86. The standard InChI is InChI=1S/C9H7N5/c1-2-6-7(10-3-1)4-8(13-6)9-11-5-12-14-9/h1-5,13H,(H,11,12,14). The first-order valence-corrected chi connectivity index (χ1v) is 4.23. The summed E-state index contributed by atoms with van der Waals surface area (Å²) in [6, 6.07) is 5.81.